The fourth-order valence-corrected chi connectivity index (χ4v) is 3.10. The summed E-state index contributed by atoms with van der Waals surface area (Å²) in [5.74, 6) is -4.85. The number of ether oxygens (including phenoxy) is 1. The molecule has 7 nitrogen and oxygen atoms in total. The summed E-state index contributed by atoms with van der Waals surface area (Å²) in [5.41, 5.74) is 1.62. The summed E-state index contributed by atoms with van der Waals surface area (Å²) in [6, 6.07) is 4.34. The Kier molecular flexibility index (Phi) is 5.14. The Bertz CT molecular complexity index is 709. The van der Waals surface area contributed by atoms with Crippen molar-refractivity contribution in [1.82, 2.24) is 5.48 Å². The van der Waals surface area contributed by atoms with Gasteiger partial charge in [-0.15, -0.1) is 0 Å². The summed E-state index contributed by atoms with van der Waals surface area (Å²) in [6.07, 6.45) is 0.246. The first-order valence-electron chi connectivity index (χ1n) is 7.57. The van der Waals surface area contributed by atoms with E-state index >= 15 is 0 Å². The van der Waals surface area contributed by atoms with Crippen molar-refractivity contribution < 1.29 is 29.1 Å². The molecule has 0 aromatic heterocycles. The summed E-state index contributed by atoms with van der Waals surface area (Å²) in [7, 11) is 1.18. The molecule has 0 heterocycles. The molecule has 2 atom stereocenters. The van der Waals surface area contributed by atoms with Crippen LogP contribution in [-0.2, 0) is 9.53 Å². The lowest BCUT2D eigenvalue weighted by atomic mass is 9.81. The molecule has 2 rings (SSSR count). The van der Waals surface area contributed by atoms with Crippen LogP contribution in [0.1, 0.15) is 51.3 Å². The molecule has 0 aliphatic heterocycles. The minimum absolute atomic E-state index is 0.00329. The average molecular weight is 333 g/mol. The Labute approximate surface area is 138 Å². The van der Waals surface area contributed by atoms with Gasteiger partial charge in [0.1, 0.15) is 0 Å². The molecule has 7 heteroatoms. The van der Waals surface area contributed by atoms with Crippen molar-refractivity contribution in [2.24, 2.45) is 17.8 Å². The Balaban J connectivity index is 2.52. The maximum Gasteiger partial charge on any atom is 0.338 e. The molecular weight excluding hydrogens is 314 g/mol. The highest BCUT2D eigenvalue weighted by Crippen LogP contribution is 2.36. The van der Waals surface area contributed by atoms with Gasteiger partial charge in [0, 0.05) is 11.1 Å². The smallest absolute Gasteiger partial charge is 0.338 e. The lowest BCUT2D eigenvalue weighted by Gasteiger charge is -2.21. The summed E-state index contributed by atoms with van der Waals surface area (Å²) < 4.78 is 4.65. The molecule has 1 amide bonds. The Hall–Kier alpha value is -2.54. The predicted octanol–water partition coefficient (Wildman–Crippen LogP) is 1.64. The molecule has 0 saturated carbocycles. The number of hydroxylamine groups is 1. The van der Waals surface area contributed by atoms with Crippen LogP contribution < -0.4 is 5.48 Å². The lowest BCUT2D eigenvalue weighted by molar-refractivity contribution is -0.134. The quantitative estimate of drug-likeness (QED) is 0.367. The number of benzene rings is 1. The van der Waals surface area contributed by atoms with E-state index in [1.165, 1.54) is 30.8 Å². The second kappa shape index (κ2) is 6.92. The standard InChI is InChI=1S/C17H19NO6/c1-8(2)7-11(16(21)18-23)13-14(19)9-5-4-6-10(17(22)24-3)12(9)15(13)20/h4-6,8,11,13,23H,7H2,1-3H3,(H,18,21)/t11-,13?/m1/s1. The topological polar surface area (TPSA) is 110 Å². The molecule has 0 fully saturated rings. The van der Waals surface area contributed by atoms with Crippen LogP contribution in [0, 0.1) is 17.8 Å². The zero-order valence-electron chi connectivity index (χ0n) is 13.7. The molecule has 24 heavy (non-hydrogen) atoms. The van der Waals surface area contributed by atoms with Gasteiger partial charge in [0.05, 0.1) is 24.5 Å². The number of fused-ring (bicyclic) bond motifs is 1. The Morgan fingerprint density at radius 3 is 2.46 bits per heavy atom. The predicted molar refractivity (Wildman–Crippen MR) is 82.8 cm³/mol. The third kappa shape index (κ3) is 2.94. The largest absolute Gasteiger partial charge is 0.465 e. The Morgan fingerprint density at radius 1 is 1.25 bits per heavy atom. The molecule has 1 unspecified atom stereocenters. The highest BCUT2D eigenvalue weighted by atomic mass is 16.5. The maximum atomic E-state index is 12.8. The van der Waals surface area contributed by atoms with Gasteiger partial charge in [-0.05, 0) is 18.4 Å². The first-order chi connectivity index (χ1) is 11.3. The van der Waals surface area contributed by atoms with E-state index in [1.807, 2.05) is 13.8 Å². The number of carbonyl (C=O) groups excluding carboxylic acids is 4. The van der Waals surface area contributed by atoms with Crippen LogP contribution in [-0.4, -0.2) is 35.8 Å². The van der Waals surface area contributed by atoms with Crippen molar-refractivity contribution in [3.8, 4) is 0 Å². The summed E-state index contributed by atoms with van der Waals surface area (Å²) >= 11 is 0. The number of ketones is 2. The van der Waals surface area contributed by atoms with Crippen molar-refractivity contribution in [3.63, 3.8) is 0 Å². The van der Waals surface area contributed by atoms with Crippen molar-refractivity contribution in [3.05, 3.63) is 34.9 Å². The highest BCUT2D eigenvalue weighted by Gasteiger charge is 2.47. The second-order valence-electron chi connectivity index (χ2n) is 6.14. The SMILES string of the molecule is COC(=O)c1cccc2c1C(=O)C([C@@H](CC(C)C)C(=O)NO)C2=O. The van der Waals surface area contributed by atoms with Crippen LogP contribution in [0.2, 0.25) is 0 Å². The van der Waals surface area contributed by atoms with E-state index in [1.54, 1.807) is 0 Å². The number of rotatable bonds is 5. The molecule has 1 aromatic carbocycles. The van der Waals surface area contributed by atoms with Crippen LogP contribution in [0.25, 0.3) is 0 Å². The van der Waals surface area contributed by atoms with Crippen molar-refractivity contribution in [1.29, 1.82) is 0 Å². The minimum Gasteiger partial charge on any atom is -0.465 e. The number of esters is 1. The van der Waals surface area contributed by atoms with Gasteiger partial charge >= 0.3 is 5.97 Å². The third-order valence-corrected chi connectivity index (χ3v) is 4.12. The number of methoxy groups -OCH3 is 1. The normalized spacial score (nSPS) is 17.6. The molecule has 0 bridgehead atoms. The van der Waals surface area contributed by atoms with Crippen LogP contribution >= 0.6 is 0 Å². The number of nitrogens with one attached hydrogen (secondary N) is 1. The molecule has 1 aliphatic carbocycles. The fourth-order valence-electron chi connectivity index (χ4n) is 3.10. The van der Waals surface area contributed by atoms with Gasteiger partial charge in [-0.2, -0.15) is 0 Å². The van der Waals surface area contributed by atoms with E-state index in [-0.39, 0.29) is 29.0 Å². The molecule has 1 aromatic rings. The number of hydrogen-bond donors (Lipinski definition) is 2. The van der Waals surface area contributed by atoms with E-state index in [0.29, 0.717) is 0 Å². The van der Waals surface area contributed by atoms with Crippen LogP contribution in [0.5, 0.6) is 0 Å². The molecule has 1 aliphatic rings. The zero-order chi connectivity index (χ0) is 18.0. The number of Topliss-reactive ketones (excluding diaryl/α,β-unsaturated/α-hetero) is 2. The van der Waals surface area contributed by atoms with Gasteiger partial charge in [-0.3, -0.25) is 19.6 Å². The number of hydrogen-bond acceptors (Lipinski definition) is 6. The van der Waals surface area contributed by atoms with Gasteiger partial charge < -0.3 is 4.74 Å². The number of carbonyl (C=O) groups is 4. The lowest BCUT2D eigenvalue weighted by Crippen LogP contribution is -2.38. The third-order valence-electron chi connectivity index (χ3n) is 4.12. The maximum absolute atomic E-state index is 12.8. The molecule has 0 radical (unpaired) electrons. The first kappa shape index (κ1) is 17.8. The van der Waals surface area contributed by atoms with Gasteiger partial charge in [0.15, 0.2) is 11.6 Å². The monoisotopic (exact) mass is 333 g/mol. The van der Waals surface area contributed by atoms with Gasteiger partial charge in [-0.1, -0.05) is 26.0 Å². The van der Waals surface area contributed by atoms with E-state index < -0.39 is 35.3 Å². The number of amides is 1. The van der Waals surface area contributed by atoms with Crippen molar-refractivity contribution in [2.45, 2.75) is 20.3 Å². The molecule has 0 saturated heterocycles. The van der Waals surface area contributed by atoms with Gasteiger partial charge in [0.2, 0.25) is 5.91 Å². The van der Waals surface area contributed by atoms with E-state index in [0.717, 1.165) is 0 Å². The zero-order valence-corrected chi connectivity index (χ0v) is 13.7. The van der Waals surface area contributed by atoms with Crippen LogP contribution in [0.3, 0.4) is 0 Å². The molecule has 0 spiro atoms. The van der Waals surface area contributed by atoms with E-state index in [4.69, 9.17) is 5.21 Å². The highest BCUT2D eigenvalue weighted by molar-refractivity contribution is 6.30. The fraction of sp³-hybridized carbons (Fsp3) is 0.412. The van der Waals surface area contributed by atoms with Gasteiger partial charge in [-0.25, -0.2) is 10.3 Å². The summed E-state index contributed by atoms with van der Waals surface area (Å²) in [5, 5.41) is 8.95. The molecule has 128 valence electrons. The second-order valence-corrected chi connectivity index (χ2v) is 6.14. The van der Waals surface area contributed by atoms with E-state index in [9.17, 15) is 19.2 Å². The van der Waals surface area contributed by atoms with Crippen LogP contribution in [0.4, 0.5) is 0 Å². The first-order valence-corrected chi connectivity index (χ1v) is 7.57. The van der Waals surface area contributed by atoms with Crippen molar-refractivity contribution in [2.75, 3.05) is 7.11 Å². The minimum atomic E-state index is -1.25. The Morgan fingerprint density at radius 2 is 1.92 bits per heavy atom. The van der Waals surface area contributed by atoms with Crippen LogP contribution in [0.15, 0.2) is 18.2 Å². The molecule has 2 N–H and O–H groups in total. The average Bonchev–Trinajstić information content (AvgIpc) is 2.82. The van der Waals surface area contributed by atoms with E-state index in [2.05, 4.69) is 4.74 Å². The van der Waals surface area contributed by atoms with Gasteiger partial charge in [0.25, 0.3) is 0 Å². The van der Waals surface area contributed by atoms with Crippen molar-refractivity contribution >= 4 is 23.4 Å². The molecular formula is C17H19NO6. The summed E-state index contributed by atoms with van der Waals surface area (Å²) in [4.78, 5) is 49.3. The summed E-state index contributed by atoms with van der Waals surface area (Å²) in [6.45, 7) is 3.68.